The van der Waals surface area contributed by atoms with Crippen molar-refractivity contribution in [3.8, 4) is 55.3 Å². The maximum Gasteiger partial charge on any atom is 0.193 e. The van der Waals surface area contributed by atoms with E-state index < -0.39 is 0 Å². The van der Waals surface area contributed by atoms with Gasteiger partial charge in [0.05, 0.1) is 25.6 Å². The Bertz CT molecular complexity index is 1670. The molecule has 36 heavy (non-hydrogen) atoms. The molecule has 0 fully saturated rings. The van der Waals surface area contributed by atoms with E-state index in [1.807, 2.05) is 61.5 Å². The van der Waals surface area contributed by atoms with Gasteiger partial charge in [-0.25, -0.2) is 15.0 Å². The van der Waals surface area contributed by atoms with Gasteiger partial charge in [0.15, 0.2) is 17.3 Å². The lowest BCUT2D eigenvalue weighted by Crippen LogP contribution is -1.93. The molecule has 0 saturated heterocycles. The summed E-state index contributed by atoms with van der Waals surface area (Å²) in [7, 11) is 3.27. The van der Waals surface area contributed by atoms with Crippen molar-refractivity contribution in [2.45, 2.75) is 6.92 Å². The van der Waals surface area contributed by atoms with E-state index in [1.165, 1.54) is 0 Å². The number of hydrogen-bond acceptors (Lipinski definition) is 7. The lowest BCUT2D eigenvalue weighted by atomic mass is 10.1. The number of benzene rings is 2. The van der Waals surface area contributed by atoms with Gasteiger partial charge in [-0.2, -0.15) is 5.10 Å². The molecule has 178 valence electrons. The summed E-state index contributed by atoms with van der Waals surface area (Å²) in [5.74, 6) is 1.99. The number of aromatic nitrogens is 6. The number of imidazole rings is 1. The summed E-state index contributed by atoms with van der Waals surface area (Å²) in [6.45, 7) is 2.01. The van der Waals surface area contributed by atoms with Crippen LogP contribution in [0.2, 0.25) is 0 Å². The van der Waals surface area contributed by atoms with Crippen molar-refractivity contribution in [2.24, 2.45) is 0 Å². The molecule has 0 bridgehead atoms. The van der Waals surface area contributed by atoms with Crippen molar-refractivity contribution in [3.05, 3.63) is 78.9 Å². The van der Waals surface area contributed by atoms with Gasteiger partial charge in [0.25, 0.3) is 0 Å². The molecular formula is C27H22N6O2S. The zero-order valence-corrected chi connectivity index (χ0v) is 20.7. The van der Waals surface area contributed by atoms with Crippen molar-refractivity contribution >= 4 is 17.0 Å². The molecule has 9 heteroatoms. The Morgan fingerprint density at radius 1 is 0.861 bits per heavy atom. The predicted molar refractivity (Wildman–Crippen MR) is 140 cm³/mol. The fraction of sp³-hybridized carbons (Fsp3) is 0.111. The van der Waals surface area contributed by atoms with Gasteiger partial charge in [0, 0.05) is 11.8 Å². The third-order valence-corrected chi connectivity index (χ3v) is 7.06. The molecule has 6 rings (SSSR count). The summed E-state index contributed by atoms with van der Waals surface area (Å²) < 4.78 is 13.0. The van der Waals surface area contributed by atoms with Crippen molar-refractivity contribution in [1.82, 2.24) is 29.5 Å². The zero-order valence-electron chi connectivity index (χ0n) is 19.9. The van der Waals surface area contributed by atoms with E-state index in [4.69, 9.17) is 19.4 Å². The number of H-pyrrole nitrogens is 1. The van der Waals surface area contributed by atoms with Gasteiger partial charge < -0.3 is 9.47 Å². The summed E-state index contributed by atoms with van der Waals surface area (Å²) in [5.41, 5.74) is 6.58. The van der Waals surface area contributed by atoms with E-state index in [0.717, 1.165) is 49.3 Å². The molecule has 0 atom stereocenters. The van der Waals surface area contributed by atoms with Crippen LogP contribution in [0.3, 0.4) is 0 Å². The fourth-order valence-electron chi connectivity index (χ4n) is 4.29. The Balaban J connectivity index is 1.52. The third kappa shape index (κ3) is 3.70. The fourth-order valence-corrected chi connectivity index (χ4v) is 5.41. The molecule has 8 nitrogen and oxygen atoms in total. The highest BCUT2D eigenvalue weighted by Gasteiger charge is 2.22. The molecule has 0 aliphatic rings. The molecule has 0 aliphatic carbocycles. The molecule has 0 saturated carbocycles. The number of aryl methyl sites for hydroxylation is 1. The van der Waals surface area contributed by atoms with E-state index >= 15 is 0 Å². The first-order valence-corrected chi connectivity index (χ1v) is 12.1. The largest absolute Gasteiger partial charge is 0.493 e. The summed E-state index contributed by atoms with van der Waals surface area (Å²) in [4.78, 5) is 15.2. The van der Waals surface area contributed by atoms with Gasteiger partial charge in [-0.05, 0) is 42.3 Å². The molecule has 4 aromatic heterocycles. The molecule has 0 spiro atoms. The van der Waals surface area contributed by atoms with E-state index in [1.54, 1.807) is 31.9 Å². The van der Waals surface area contributed by atoms with E-state index in [9.17, 15) is 0 Å². The Labute approximate surface area is 211 Å². The normalized spacial score (nSPS) is 11.2. The van der Waals surface area contributed by atoms with Gasteiger partial charge in [0.2, 0.25) is 0 Å². The highest BCUT2D eigenvalue weighted by molar-refractivity contribution is 7.18. The Morgan fingerprint density at radius 2 is 1.67 bits per heavy atom. The minimum atomic E-state index is 0.620. The average molecular weight is 495 g/mol. The highest BCUT2D eigenvalue weighted by atomic mass is 32.1. The van der Waals surface area contributed by atoms with E-state index in [0.29, 0.717) is 17.3 Å². The molecular weight excluding hydrogens is 472 g/mol. The van der Waals surface area contributed by atoms with Crippen LogP contribution in [0.15, 0.2) is 73.2 Å². The zero-order chi connectivity index (χ0) is 24.6. The maximum atomic E-state index is 5.51. The minimum Gasteiger partial charge on any atom is -0.493 e. The van der Waals surface area contributed by atoms with Crippen LogP contribution in [0.1, 0.15) is 5.69 Å². The number of pyridine rings is 1. The molecule has 0 unspecified atom stereocenters. The number of thiazole rings is 1. The van der Waals surface area contributed by atoms with Crippen LogP contribution in [0.4, 0.5) is 0 Å². The molecule has 1 N–H and O–H groups in total. The number of nitrogens with zero attached hydrogens (tertiary/aromatic N) is 5. The number of rotatable bonds is 6. The SMILES string of the molecule is COc1ccc(-c2ccc3nc(C)c(-c4nc(-c5ccccc5)c(-c5nc[nH]n5)s4)n3c2)cc1OC. The lowest BCUT2D eigenvalue weighted by Gasteiger charge is -2.10. The van der Waals surface area contributed by atoms with Crippen LogP contribution in [0, 0.1) is 6.92 Å². The summed E-state index contributed by atoms with van der Waals surface area (Å²) in [5, 5.41) is 7.99. The Hall–Kier alpha value is -4.50. The summed E-state index contributed by atoms with van der Waals surface area (Å²) in [6, 6.07) is 20.1. The number of fused-ring (bicyclic) bond motifs is 1. The van der Waals surface area contributed by atoms with Crippen molar-refractivity contribution < 1.29 is 9.47 Å². The summed E-state index contributed by atoms with van der Waals surface area (Å²) in [6.07, 6.45) is 3.67. The van der Waals surface area contributed by atoms with E-state index in [2.05, 4.69) is 31.8 Å². The molecule has 0 radical (unpaired) electrons. The standard InChI is InChI=1S/C27H22N6O2S/c1-16-24(27-31-23(17-7-5-4-6-8-17)25(36-27)26-28-15-29-32-26)33-14-19(10-12-22(33)30-16)18-9-11-20(34-2)21(13-18)35-3/h4-15H,1-3H3,(H,28,29,32). The van der Waals surface area contributed by atoms with Crippen molar-refractivity contribution in [1.29, 1.82) is 0 Å². The second-order valence-electron chi connectivity index (χ2n) is 8.15. The third-order valence-electron chi connectivity index (χ3n) is 6.00. The van der Waals surface area contributed by atoms with Crippen LogP contribution in [0.5, 0.6) is 11.5 Å². The van der Waals surface area contributed by atoms with Crippen LogP contribution in [0.25, 0.3) is 49.4 Å². The Kier molecular flexibility index (Phi) is 5.46. The molecule has 0 aliphatic heterocycles. The summed E-state index contributed by atoms with van der Waals surface area (Å²) >= 11 is 1.56. The molecule has 2 aromatic carbocycles. The van der Waals surface area contributed by atoms with E-state index in [-0.39, 0.29) is 0 Å². The highest BCUT2D eigenvalue weighted by Crippen LogP contribution is 2.40. The van der Waals surface area contributed by atoms with Gasteiger partial charge in [-0.15, -0.1) is 11.3 Å². The van der Waals surface area contributed by atoms with Gasteiger partial charge in [0.1, 0.15) is 27.6 Å². The van der Waals surface area contributed by atoms with Crippen LogP contribution in [-0.4, -0.2) is 43.8 Å². The topological polar surface area (TPSA) is 90.2 Å². The predicted octanol–water partition coefficient (Wildman–Crippen LogP) is 5.90. The number of ether oxygens (including phenoxy) is 2. The van der Waals surface area contributed by atoms with Crippen LogP contribution in [-0.2, 0) is 0 Å². The van der Waals surface area contributed by atoms with Gasteiger partial charge in [-0.3, -0.25) is 9.50 Å². The molecule has 6 aromatic rings. The number of methoxy groups -OCH3 is 2. The van der Waals surface area contributed by atoms with Crippen molar-refractivity contribution in [3.63, 3.8) is 0 Å². The quantitative estimate of drug-likeness (QED) is 0.310. The number of nitrogens with one attached hydrogen (secondary N) is 1. The average Bonchev–Trinajstić information content (AvgIpc) is 3.66. The molecule has 0 amide bonds. The van der Waals surface area contributed by atoms with Crippen LogP contribution >= 0.6 is 11.3 Å². The smallest absolute Gasteiger partial charge is 0.193 e. The first-order chi connectivity index (χ1) is 17.7. The second kappa shape index (κ2) is 8.94. The first kappa shape index (κ1) is 22.0. The number of hydrogen-bond donors (Lipinski definition) is 1. The molecule has 4 heterocycles. The first-order valence-electron chi connectivity index (χ1n) is 11.3. The second-order valence-corrected chi connectivity index (χ2v) is 9.15. The van der Waals surface area contributed by atoms with Crippen LogP contribution < -0.4 is 9.47 Å². The van der Waals surface area contributed by atoms with Gasteiger partial charge >= 0.3 is 0 Å². The Morgan fingerprint density at radius 3 is 2.42 bits per heavy atom. The number of aromatic amines is 1. The van der Waals surface area contributed by atoms with Crippen molar-refractivity contribution in [2.75, 3.05) is 14.2 Å². The monoisotopic (exact) mass is 494 g/mol. The minimum absolute atomic E-state index is 0.620. The lowest BCUT2D eigenvalue weighted by molar-refractivity contribution is 0.355. The van der Waals surface area contributed by atoms with Gasteiger partial charge in [-0.1, -0.05) is 36.4 Å². The maximum absolute atomic E-state index is 5.51.